The van der Waals surface area contributed by atoms with Crippen molar-refractivity contribution in [2.24, 2.45) is 0 Å². The quantitative estimate of drug-likeness (QED) is 0.412. The molecule has 0 saturated heterocycles. The Labute approximate surface area is 168 Å². The fraction of sp³-hybridized carbons (Fsp3) is 0.0952. The molecule has 0 spiro atoms. The molecule has 0 aliphatic carbocycles. The molecule has 0 atom stereocenters. The van der Waals surface area contributed by atoms with Crippen molar-refractivity contribution in [1.29, 1.82) is 0 Å². The maximum atomic E-state index is 13.1. The van der Waals surface area contributed by atoms with Crippen molar-refractivity contribution in [2.75, 3.05) is 5.32 Å². The lowest BCUT2D eigenvalue weighted by Crippen LogP contribution is -2.33. The number of aromatic nitrogens is 3. The molecule has 2 aromatic carbocycles. The maximum absolute atomic E-state index is 13.1. The van der Waals surface area contributed by atoms with Gasteiger partial charge in [-0.25, -0.2) is 9.97 Å². The van der Waals surface area contributed by atoms with Crippen LogP contribution in [0.5, 0.6) is 5.75 Å². The summed E-state index contributed by atoms with van der Waals surface area (Å²) in [7, 11) is 0. The van der Waals surface area contributed by atoms with Gasteiger partial charge in [-0.05, 0) is 23.6 Å². The predicted octanol–water partition coefficient (Wildman–Crippen LogP) is 5.67. The van der Waals surface area contributed by atoms with Gasteiger partial charge in [-0.2, -0.15) is 17.6 Å². The lowest BCUT2D eigenvalue weighted by molar-refractivity contribution is -0.253. The topological polar surface area (TPSA) is 59.9 Å². The maximum Gasteiger partial charge on any atom is 0.461 e. The average molecular weight is 414 g/mol. The number of benzene rings is 2. The molecule has 1 N–H and O–H groups in total. The predicted molar refractivity (Wildman–Crippen MR) is 104 cm³/mol. The highest BCUT2D eigenvalue weighted by Gasteiger charge is 2.43. The molecule has 2 aromatic heterocycles. The lowest BCUT2D eigenvalue weighted by Gasteiger charge is -2.17. The van der Waals surface area contributed by atoms with Crippen molar-refractivity contribution in [2.45, 2.75) is 12.5 Å². The zero-order valence-electron chi connectivity index (χ0n) is 15.3. The summed E-state index contributed by atoms with van der Waals surface area (Å²) in [5.41, 5.74) is 1.70. The Hall–Kier alpha value is -3.75. The van der Waals surface area contributed by atoms with Gasteiger partial charge in [0.05, 0.1) is 5.69 Å². The molecule has 0 unspecified atom stereocenters. The van der Waals surface area contributed by atoms with E-state index in [9.17, 15) is 17.6 Å². The Morgan fingerprint density at radius 3 is 2.63 bits per heavy atom. The first-order valence-corrected chi connectivity index (χ1v) is 8.80. The SMILES string of the molecule is FC(F)C(F)(F)Oc1cccc(Nc2nccc(-c3cncc4ccccc34)n2)c1. The fourth-order valence-electron chi connectivity index (χ4n) is 2.86. The first kappa shape index (κ1) is 19.6. The van der Waals surface area contributed by atoms with Gasteiger partial charge in [0.1, 0.15) is 5.75 Å². The largest absolute Gasteiger partial charge is 0.461 e. The summed E-state index contributed by atoms with van der Waals surface area (Å²) in [5, 5.41) is 4.77. The van der Waals surface area contributed by atoms with Crippen LogP contribution in [0.3, 0.4) is 0 Å². The third-order valence-electron chi connectivity index (χ3n) is 4.20. The minimum atomic E-state index is -4.59. The van der Waals surface area contributed by atoms with E-state index < -0.39 is 18.3 Å². The molecule has 4 rings (SSSR count). The molecule has 0 fully saturated rings. The Morgan fingerprint density at radius 2 is 1.80 bits per heavy atom. The van der Waals surface area contributed by atoms with E-state index in [0.29, 0.717) is 11.4 Å². The van der Waals surface area contributed by atoms with Crippen LogP contribution in [0.25, 0.3) is 22.0 Å². The standard InChI is InChI=1S/C21H14F4N4O/c22-19(23)21(24,25)30-15-6-3-5-14(10-15)28-20-27-9-8-18(29-20)17-12-26-11-13-4-1-2-7-16(13)17/h1-12,19H,(H,27,28,29). The van der Waals surface area contributed by atoms with Crippen LogP contribution in [0.2, 0.25) is 0 Å². The monoisotopic (exact) mass is 414 g/mol. The van der Waals surface area contributed by atoms with Crippen molar-refractivity contribution in [3.05, 3.63) is 73.2 Å². The number of pyridine rings is 1. The van der Waals surface area contributed by atoms with Crippen LogP contribution in [0.15, 0.2) is 73.2 Å². The third kappa shape index (κ3) is 4.14. The summed E-state index contributed by atoms with van der Waals surface area (Å²) >= 11 is 0. The molecule has 0 saturated carbocycles. The molecule has 9 heteroatoms. The summed E-state index contributed by atoms with van der Waals surface area (Å²) in [6, 6.07) is 14.7. The van der Waals surface area contributed by atoms with Gasteiger partial charge in [0.15, 0.2) is 0 Å². The van der Waals surface area contributed by atoms with Gasteiger partial charge in [0, 0.05) is 41.3 Å². The zero-order valence-corrected chi connectivity index (χ0v) is 15.3. The van der Waals surface area contributed by atoms with Crippen molar-refractivity contribution in [3.63, 3.8) is 0 Å². The van der Waals surface area contributed by atoms with Crippen molar-refractivity contribution in [3.8, 4) is 17.0 Å². The second kappa shape index (κ2) is 7.94. The number of halogens is 4. The molecule has 0 aliphatic rings. The first-order chi connectivity index (χ1) is 14.4. The Kier molecular flexibility index (Phi) is 5.18. The van der Waals surface area contributed by atoms with E-state index in [1.165, 1.54) is 12.3 Å². The van der Waals surface area contributed by atoms with E-state index in [1.807, 2.05) is 24.3 Å². The Bertz CT molecular complexity index is 1180. The zero-order chi connectivity index (χ0) is 21.1. The summed E-state index contributed by atoms with van der Waals surface area (Å²) < 4.78 is 55.1. The van der Waals surface area contributed by atoms with Crippen LogP contribution >= 0.6 is 0 Å². The highest BCUT2D eigenvalue weighted by Crippen LogP contribution is 2.30. The van der Waals surface area contributed by atoms with Crippen molar-refractivity contribution >= 4 is 22.4 Å². The number of anilines is 2. The first-order valence-electron chi connectivity index (χ1n) is 8.80. The number of hydrogen-bond donors (Lipinski definition) is 1. The highest BCUT2D eigenvalue weighted by molar-refractivity contribution is 5.94. The number of hydrogen-bond acceptors (Lipinski definition) is 5. The van der Waals surface area contributed by atoms with E-state index in [1.54, 1.807) is 24.5 Å². The summed E-state index contributed by atoms with van der Waals surface area (Å²) in [4.78, 5) is 12.8. The van der Waals surface area contributed by atoms with E-state index in [4.69, 9.17) is 0 Å². The van der Waals surface area contributed by atoms with Crippen LogP contribution in [0.4, 0.5) is 29.2 Å². The van der Waals surface area contributed by atoms with Gasteiger partial charge in [-0.3, -0.25) is 4.98 Å². The molecule has 152 valence electrons. The molecule has 2 heterocycles. The second-order valence-electron chi connectivity index (χ2n) is 6.29. The minimum absolute atomic E-state index is 0.193. The van der Waals surface area contributed by atoms with Crippen LogP contribution in [-0.4, -0.2) is 27.5 Å². The number of rotatable bonds is 6. The van der Waals surface area contributed by atoms with E-state index in [2.05, 4.69) is 25.0 Å². The molecular weight excluding hydrogens is 400 g/mol. The second-order valence-corrected chi connectivity index (χ2v) is 6.29. The summed E-state index contributed by atoms with van der Waals surface area (Å²) in [5.74, 6) is -0.224. The van der Waals surface area contributed by atoms with Gasteiger partial charge in [-0.15, -0.1) is 0 Å². The smallest absolute Gasteiger partial charge is 0.428 e. The molecule has 30 heavy (non-hydrogen) atoms. The number of nitrogens with one attached hydrogen (secondary N) is 1. The van der Waals surface area contributed by atoms with Gasteiger partial charge in [0.25, 0.3) is 0 Å². The minimum Gasteiger partial charge on any atom is -0.428 e. The fourth-order valence-corrected chi connectivity index (χ4v) is 2.86. The number of ether oxygens (including phenoxy) is 1. The van der Waals surface area contributed by atoms with Crippen molar-refractivity contribution < 1.29 is 22.3 Å². The number of nitrogens with zero attached hydrogens (tertiary/aromatic N) is 3. The van der Waals surface area contributed by atoms with E-state index in [-0.39, 0.29) is 5.95 Å². The van der Waals surface area contributed by atoms with Crippen LogP contribution < -0.4 is 10.1 Å². The number of fused-ring (bicyclic) bond motifs is 1. The average Bonchev–Trinajstić information content (AvgIpc) is 2.73. The van der Waals surface area contributed by atoms with Gasteiger partial charge in [-0.1, -0.05) is 30.3 Å². The Morgan fingerprint density at radius 1 is 0.967 bits per heavy atom. The summed E-state index contributed by atoms with van der Waals surface area (Å²) in [6.07, 6.45) is -3.55. The van der Waals surface area contributed by atoms with Gasteiger partial charge in [0.2, 0.25) is 5.95 Å². The lowest BCUT2D eigenvalue weighted by atomic mass is 10.1. The molecule has 0 bridgehead atoms. The normalized spacial score (nSPS) is 11.6. The molecule has 0 radical (unpaired) electrons. The molecule has 0 amide bonds. The van der Waals surface area contributed by atoms with Crippen LogP contribution in [0, 0.1) is 0 Å². The molecule has 5 nitrogen and oxygen atoms in total. The molecular formula is C21H14F4N4O. The summed E-state index contributed by atoms with van der Waals surface area (Å²) in [6.45, 7) is 0. The third-order valence-corrected chi connectivity index (χ3v) is 4.20. The van der Waals surface area contributed by atoms with Gasteiger partial charge >= 0.3 is 12.5 Å². The van der Waals surface area contributed by atoms with Crippen molar-refractivity contribution in [1.82, 2.24) is 15.0 Å². The number of alkyl halides is 4. The highest BCUT2D eigenvalue weighted by atomic mass is 19.3. The Balaban J connectivity index is 1.61. The van der Waals surface area contributed by atoms with Crippen LogP contribution in [0.1, 0.15) is 0 Å². The van der Waals surface area contributed by atoms with E-state index >= 15 is 0 Å². The van der Waals surface area contributed by atoms with Gasteiger partial charge < -0.3 is 10.1 Å². The van der Waals surface area contributed by atoms with Crippen LogP contribution in [-0.2, 0) is 0 Å². The van der Waals surface area contributed by atoms with E-state index in [0.717, 1.165) is 28.5 Å². The molecule has 4 aromatic rings. The molecule has 0 aliphatic heterocycles.